The van der Waals surface area contributed by atoms with Gasteiger partial charge in [0, 0.05) is 13.6 Å². The topological polar surface area (TPSA) is 98.6 Å². The molecule has 0 radical (unpaired) electrons. The molecule has 0 bridgehead atoms. The molecule has 2 aromatic rings. The van der Waals surface area contributed by atoms with E-state index in [1.54, 1.807) is 31.3 Å². The monoisotopic (exact) mass is 242 g/mol. The quantitative estimate of drug-likeness (QED) is 0.836. The van der Waals surface area contributed by atoms with Crippen molar-refractivity contribution < 1.29 is 4.79 Å². The summed E-state index contributed by atoms with van der Waals surface area (Å²) >= 11 is 0. The van der Waals surface area contributed by atoms with Gasteiger partial charge in [0.05, 0.1) is 11.6 Å². The number of nitrogens with zero attached hydrogens (tertiary/aromatic N) is 5. The average molecular weight is 242 g/mol. The molecule has 7 heteroatoms. The van der Waals surface area contributed by atoms with Gasteiger partial charge in [-0.15, -0.1) is 10.2 Å². The number of nitriles is 1. The molecule has 1 aromatic carbocycles. The van der Waals surface area contributed by atoms with Crippen molar-refractivity contribution in [2.24, 2.45) is 0 Å². The van der Waals surface area contributed by atoms with Gasteiger partial charge >= 0.3 is 0 Å². The van der Waals surface area contributed by atoms with E-state index in [9.17, 15) is 4.79 Å². The maximum Gasteiger partial charge on any atom is 0.295 e. The fraction of sp³-hybridized carbons (Fsp3) is 0.182. The Bertz CT molecular complexity index is 569. The van der Waals surface area contributed by atoms with Crippen LogP contribution in [0.2, 0.25) is 0 Å². The van der Waals surface area contributed by atoms with Gasteiger partial charge in [0.25, 0.3) is 11.7 Å². The number of aromatic amines is 1. The molecule has 18 heavy (non-hydrogen) atoms. The summed E-state index contributed by atoms with van der Waals surface area (Å²) < 4.78 is 0. The van der Waals surface area contributed by atoms with E-state index in [-0.39, 0.29) is 11.7 Å². The first-order chi connectivity index (χ1) is 8.70. The molecular formula is C11H10N6O. The number of rotatable bonds is 3. The number of nitrogens with one attached hydrogen (secondary N) is 1. The van der Waals surface area contributed by atoms with Gasteiger partial charge in [-0.1, -0.05) is 12.1 Å². The van der Waals surface area contributed by atoms with Crippen LogP contribution in [-0.2, 0) is 6.54 Å². The predicted octanol–water partition coefficient (Wildman–Crippen LogP) is 0.344. The van der Waals surface area contributed by atoms with Gasteiger partial charge in [-0.3, -0.25) is 4.79 Å². The molecule has 0 aliphatic heterocycles. The van der Waals surface area contributed by atoms with Gasteiger partial charge < -0.3 is 4.90 Å². The molecule has 1 amide bonds. The van der Waals surface area contributed by atoms with Gasteiger partial charge in [0.2, 0.25) is 0 Å². The summed E-state index contributed by atoms with van der Waals surface area (Å²) in [6, 6.07) is 9.07. The zero-order valence-corrected chi connectivity index (χ0v) is 9.66. The van der Waals surface area contributed by atoms with Crippen LogP contribution < -0.4 is 0 Å². The average Bonchev–Trinajstić information content (AvgIpc) is 2.92. The molecule has 90 valence electrons. The molecular weight excluding hydrogens is 232 g/mol. The Kier molecular flexibility index (Phi) is 3.29. The van der Waals surface area contributed by atoms with E-state index in [0.29, 0.717) is 12.1 Å². The predicted molar refractivity (Wildman–Crippen MR) is 61.1 cm³/mol. The first kappa shape index (κ1) is 11.7. The van der Waals surface area contributed by atoms with Crippen molar-refractivity contribution in [2.45, 2.75) is 6.54 Å². The van der Waals surface area contributed by atoms with Gasteiger partial charge in [0.1, 0.15) is 0 Å². The molecule has 0 fully saturated rings. The van der Waals surface area contributed by atoms with Crippen LogP contribution in [0.4, 0.5) is 0 Å². The summed E-state index contributed by atoms with van der Waals surface area (Å²) in [6.07, 6.45) is 0. The van der Waals surface area contributed by atoms with E-state index < -0.39 is 0 Å². The minimum absolute atomic E-state index is 0.0335. The Balaban J connectivity index is 2.05. The number of hydrogen-bond acceptors (Lipinski definition) is 5. The number of benzene rings is 1. The normalized spacial score (nSPS) is 9.78. The molecule has 1 N–H and O–H groups in total. The van der Waals surface area contributed by atoms with Crippen molar-refractivity contribution in [3.8, 4) is 6.07 Å². The van der Waals surface area contributed by atoms with Crippen molar-refractivity contribution in [3.63, 3.8) is 0 Å². The van der Waals surface area contributed by atoms with Crippen LogP contribution in [0.3, 0.4) is 0 Å². The summed E-state index contributed by atoms with van der Waals surface area (Å²) in [5.74, 6) is -0.278. The second-order valence-corrected chi connectivity index (χ2v) is 3.71. The van der Waals surface area contributed by atoms with Crippen molar-refractivity contribution in [1.29, 1.82) is 5.26 Å². The Labute approximate surface area is 103 Å². The van der Waals surface area contributed by atoms with E-state index >= 15 is 0 Å². The van der Waals surface area contributed by atoms with Gasteiger partial charge in [-0.2, -0.15) is 10.5 Å². The summed E-state index contributed by atoms with van der Waals surface area (Å²) in [4.78, 5) is 13.3. The lowest BCUT2D eigenvalue weighted by Gasteiger charge is -2.14. The highest BCUT2D eigenvalue weighted by Crippen LogP contribution is 2.07. The molecule has 7 nitrogen and oxygen atoms in total. The van der Waals surface area contributed by atoms with Gasteiger partial charge in [0.15, 0.2) is 0 Å². The standard InChI is InChI=1S/C11H10N6O/c1-17(11(18)10-13-15-16-14-10)7-9-4-2-8(6-12)3-5-9/h2-5H,7H2,1H3,(H,13,14,15,16). The zero-order chi connectivity index (χ0) is 13.0. The largest absolute Gasteiger partial charge is 0.335 e. The smallest absolute Gasteiger partial charge is 0.295 e. The van der Waals surface area contributed by atoms with Crippen molar-refractivity contribution in [3.05, 3.63) is 41.2 Å². The fourth-order valence-electron chi connectivity index (χ4n) is 1.45. The van der Waals surface area contributed by atoms with E-state index in [4.69, 9.17) is 5.26 Å². The summed E-state index contributed by atoms with van der Waals surface area (Å²) in [5, 5.41) is 21.5. The molecule has 0 saturated carbocycles. The molecule has 0 aliphatic rings. The molecule has 0 spiro atoms. The number of amides is 1. The van der Waals surface area contributed by atoms with Crippen molar-refractivity contribution in [1.82, 2.24) is 25.5 Å². The maximum atomic E-state index is 11.8. The summed E-state index contributed by atoms with van der Waals surface area (Å²) in [6.45, 7) is 0.416. The Morgan fingerprint density at radius 1 is 1.44 bits per heavy atom. The Hall–Kier alpha value is -2.75. The summed E-state index contributed by atoms with van der Waals surface area (Å²) in [5.41, 5.74) is 1.51. The number of tetrazole rings is 1. The number of carbonyl (C=O) groups excluding carboxylic acids is 1. The first-order valence-electron chi connectivity index (χ1n) is 5.18. The maximum absolute atomic E-state index is 11.8. The number of aromatic nitrogens is 4. The van der Waals surface area contributed by atoms with Crippen LogP contribution in [0.5, 0.6) is 0 Å². The third-order valence-corrected chi connectivity index (χ3v) is 2.39. The summed E-state index contributed by atoms with van der Waals surface area (Å²) in [7, 11) is 1.65. The lowest BCUT2D eigenvalue weighted by atomic mass is 10.1. The molecule has 0 unspecified atom stereocenters. The Morgan fingerprint density at radius 2 is 2.17 bits per heavy atom. The molecule has 0 atom stereocenters. The van der Waals surface area contributed by atoms with E-state index in [2.05, 4.69) is 20.6 Å². The number of H-pyrrole nitrogens is 1. The number of carbonyl (C=O) groups is 1. The van der Waals surface area contributed by atoms with Crippen molar-refractivity contribution >= 4 is 5.91 Å². The zero-order valence-electron chi connectivity index (χ0n) is 9.66. The molecule has 2 rings (SSSR count). The minimum atomic E-state index is -0.312. The molecule has 0 aliphatic carbocycles. The van der Waals surface area contributed by atoms with Crippen molar-refractivity contribution in [2.75, 3.05) is 7.05 Å². The molecule has 0 saturated heterocycles. The third-order valence-electron chi connectivity index (χ3n) is 2.39. The molecule has 1 aromatic heterocycles. The van der Waals surface area contributed by atoms with Crippen LogP contribution in [0.1, 0.15) is 21.7 Å². The van der Waals surface area contributed by atoms with Crippen LogP contribution in [-0.4, -0.2) is 38.5 Å². The number of hydrogen-bond donors (Lipinski definition) is 1. The van der Waals surface area contributed by atoms with Crippen LogP contribution in [0, 0.1) is 11.3 Å². The van der Waals surface area contributed by atoms with Crippen LogP contribution >= 0.6 is 0 Å². The highest BCUT2D eigenvalue weighted by molar-refractivity contribution is 5.89. The lowest BCUT2D eigenvalue weighted by molar-refractivity contribution is 0.0773. The lowest BCUT2D eigenvalue weighted by Crippen LogP contribution is -2.27. The fourth-order valence-corrected chi connectivity index (χ4v) is 1.45. The van der Waals surface area contributed by atoms with E-state index in [1.807, 2.05) is 6.07 Å². The second kappa shape index (κ2) is 5.05. The third kappa shape index (κ3) is 2.49. The van der Waals surface area contributed by atoms with Crippen LogP contribution in [0.15, 0.2) is 24.3 Å². The highest BCUT2D eigenvalue weighted by atomic mass is 16.2. The van der Waals surface area contributed by atoms with Crippen LogP contribution in [0.25, 0.3) is 0 Å². The van der Waals surface area contributed by atoms with E-state index in [0.717, 1.165) is 5.56 Å². The van der Waals surface area contributed by atoms with E-state index in [1.165, 1.54) is 4.90 Å². The van der Waals surface area contributed by atoms with Gasteiger partial charge in [-0.05, 0) is 22.9 Å². The second-order valence-electron chi connectivity index (χ2n) is 3.71. The van der Waals surface area contributed by atoms with Gasteiger partial charge in [-0.25, -0.2) is 0 Å². The highest BCUT2D eigenvalue weighted by Gasteiger charge is 2.16. The minimum Gasteiger partial charge on any atom is -0.335 e. The first-order valence-corrected chi connectivity index (χ1v) is 5.18. The molecule has 1 heterocycles. The Morgan fingerprint density at radius 3 is 2.72 bits per heavy atom. The SMILES string of the molecule is CN(Cc1ccc(C#N)cc1)C(=O)c1nn[nH]n1.